The first-order valence-corrected chi connectivity index (χ1v) is 12.2. The number of thioether (sulfide) groups is 1. The van der Waals surface area contributed by atoms with Crippen molar-refractivity contribution in [3.63, 3.8) is 0 Å². The molecule has 0 atom stereocenters. The highest BCUT2D eigenvalue weighted by Crippen LogP contribution is 2.34. The standard InChI is InChI=1S/C21H24N4O5S2/c1-13-5-8-15(9-6-13)32(27,28)19-20(22)25(24-21(19)31-4)12-18(26)23-16-11-14(29-2)7-10-17(16)30-3/h5-11H,12,22H2,1-4H3,(H,23,26). The van der Waals surface area contributed by atoms with Crippen molar-refractivity contribution < 1.29 is 22.7 Å². The Hall–Kier alpha value is -3.18. The fraction of sp³-hybridized carbons (Fsp3) is 0.238. The van der Waals surface area contributed by atoms with Gasteiger partial charge in [0.05, 0.1) is 24.8 Å². The minimum Gasteiger partial charge on any atom is -0.497 e. The summed E-state index contributed by atoms with van der Waals surface area (Å²) < 4.78 is 38.0. The summed E-state index contributed by atoms with van der Waals surface area (Å²) in [4.78, 5) is 12.7. The molecule has 0 bridgehead atoms. The molecule has 3 aromatic rings. The van der Waals surface area contributed by atoms with Crippen LogP contribution in [-0.4, -0.2) is 44.6 Å². The van der Waals surface area contributed by atoms with Gasteiger partial charge in [-0.3, -0.25) is 4.79 Å². The van der Waals surface area contributed by atoms with E-state index in [1.54, 1.807) is 36.6 Å². The lowest BCUT2D eigenvalue weighted by Crippen LogP contribution is -2.21. The Labute approximate surface area is 190 Å². The van der Waals surface area contributed by atoms with E-state index in [4.69, 9.17) is 15.2 Å². The third kappa shape index (κ3) is 4.68. The molecule has 1 aromatic heterocycles. The zero-order valence-electron chi connectivity index (χ0n) is 18.1. The van der Waals surface area contributed by atoms with Crippen molar-refractivity contribution in [3.05, 3.63) is 48.0 Å². The van der Waals surface area contributed by atoms with Crippen LogP contribution in [0.5, 0.6) is 11.5 Å². The third-order valence-electron chi connectivity index (χ3n) is 4.68. The van der Waals surface area contributed by atoms with E-state index in [2.05, 4.69) is 10.4 Å². The number of sulfone groups is 1. The van der Waals surface area contributed by atoms with Crippen LogP contribution in [0.2, 0.25) is 0 Å². The summed E-state index contributed by atoms with van der Waals surface area (Å²) in [6.45, 7) is 1.58. The molecule has 0 aliphatic rings. The minimum atomic E-state index is -3.92. The molecule has 0 spiro atoms. The Morgan fingerprint density at radius 3 is 2.44 bits per heavy atom. The van der Waals surface area contributed by atoms with Crippen LogP contribution in [0.15, 0.2) is 57.3 Å². The summed E-state index contributed by atoms with van der Waals surface area (Å²) in [6.07, 6.45) is 1.70. The van der Waals surface area contributed by atoms with Gasteiger partial charge < -0.3 is 20.5 Å². The molecule has 9 nitrogen and oxygen atoms in total. The number of carbonyl (C=O) groups excluding carboxylic acids is 1. The maximum Gasteiger partial charge on any atom is 0.246 e. The van der Waals surface area contributed by atoms with Crippen LogP contribution >= 0.6 is 11.8 Å². The van der Waals surface area contributed by atoms with Crippen molar-refractivity contribution in [3.8, 4) is 11.5 Å². The fourth-order valence-electron chi connectivity index (χ4n) is 3.02. The number of benzene rings is 2. The van der Waals surface area contributed by atoms with Gasteiger partial charge in [-0.15, -0.1) is 11.8 Å². The molecule has 170 valence electrons. The zero-order valence-corrected chi connectivity index (χ0v) is 19.7. The number of methoxy groups -OCH3 is 2. The second-order valence-electron chi connectivity index (χ2n) is 6.81. The normalized spacial score (nSPS) is 11.2. The lowest BCUT2D eigenvalue weighted by Gasteiger charge is -2.12. The first-order valence-electron chi connectivity index (χ1n) is 9.45. The topological polar surface area (TPSA) is 126 Å². The van der Waals surface area contributed by atoms with E-state index in [1.807, 2.05) is 6.92 Å². The number of nitrogens with zero attached hydrogens (tertiary/aromatic N) is 2. The number of ether oxygens (including phenoxy) is 2. The lowest BCUT2D eigenvalue weighted by molar-refractivity contribution is -0.116. The first-order chi connectivity index (χ1) is 15.2. The molecule has 32 heavy (non-hydrogen) atoms. The Morgan fingerprint density at radius 2 is 1.84 bits per heavy atom. The number of anilines is 2. The highest BCUT2D eigenvalue weighted by molar-refractivity contribution is 7.99. The average molecular weight is 477 g/mol. The van der Waals surface area contributed by atoms with Crippen molar-refractivity contribution in [2.45, 2.75) is 28.3 Å². The number of hydrogen-bond donors (Lipinski definition) is 2. The molecular formula is C21H24N4O5S2. The van der Waals surface area contributed by atoms with Gasteiger partial charge in [-0.05, 0) is 37.4 Å². The predicted octanol–water partition coefficient (Wildman–Crippen LogP) is 2.98. The predicted molar refractivity (Wildman–Crippen MR) is 123 cm³/mol. The molecule has 3 rings (SSSR count). The molecule has 0 saturated heterocycles. The molecule has 11 heteroatoms. The van der Waals surface area contributed by atoms with Crippen LogP contribution in [0.4, 0.5) is 11.5 Å². The molecular weight excluding hydrogens is 452 g/mol. The number of carbonyl (C=O) groups is 1. The lowest BCUT2D eigenvalue weighted by atomic mass is 10.2. The molecule has 0 aliphatic heterocycles. The molecule has 0 fully saturated rings. The molecule has 0 unspecified atom stereocenters. The third-order valence-corrected chi connectivity index (χ3v) is 7.32. The number of hydrogen-bond acceptors (Lipinski definition) is 8. The number of nitrogen functional groups attached to an aromatic ring is 1. The maximum atomic E-state index is 13.2. The van der Waals surface area contributed by atoms with Crippen molar-refractivity contribution in [2.75, 3.05) is 31.5 Å². The van der Waals surface area contributed by atoms with Crippen LogP contribution in [0.25, 0.3) is 0 Å². The largest absolute Gasteiger partial charge is 0.497 e. The number of aryl methyl sites for hydroxylation is 1. The van der Waals surface area contributed by atoms with E-state index < -0.39 is 15.7 Å². The van der Waals surface area contributed by atoms with E-state index >= 15 is 0 Å². The molecule has 2 aromatic carbocycles. The number of nitrogens with two attached hydrogens (primary N) is 1. The van der Waals surface area contributed by atoms with Gasteiger partial charge in [0, 0.05) is 6.07 Å². The highest BCUT2D eigenvalue weighted by Gasteiger charge is 2.29. The number of nitrogens with one attached hydrogen (secondary N) is 1. The van der Waals surface area contributed by atoms with Gasteiger partial charge in [0.1, 0.15) is 33.8 Å². The summed E-state index contributed by atoms with van der Waals surface area (Å²) >= 11 is 1.14. The number of aromatic nitrogens is 2. The summed E-state index contributed by atoms with van der Waals surface area (Å²) in [5.41, 5.74) is 7.50. The summed E-state index contributed by atoms with van der Waals surface area (Å²) in [5.74, 6) is 0.413. The van der Waals surface area contributed by atoms with Gasteiger partial charge >= 0.3 is 0 Å². The monoisotopic (exact) mass is 476 g/mol. The van der Waals surface area contributed by atoms with Gasteiger partial charge in [0.2, 0.25) is 15.7 Å². The summed E-state index contributed by atoms with van der Waals surface area (Å²) in [6, 6.07) is 11.4. The quantitative estimate of drug-likeness (QED) is 0.475. The van der Waals surface area contributed by atoms with Gasteiger partial charge in [-0.2, -0.15) is 5.10 Å². The second kappa shape index (κ2) is 9.53. The van der Waals surface area contributed by atoms with Crippen LogP contribution in [0.1, 0.15) is 5.56 Å². The molecule has 3 N–H and O–H groups in total. The van der Waals surface area contributed by atoms with E-state index in [0.29, 0.717) is 17.2 Å². The van der Waals surface area contributed by atoms with Gasteiger partial charge in [-0.25, -0.2) is 13.1 Å². The Kier molecular flexibility index (Phi) is 6.99. The van der Waals surface area contributed by atoms with Crippen molar-refractivity contribution in [1.29, 1.82) is 0 Å². The van der Waals surface area contributed by atoms with Crippen LogP contribution in [-0.2, 0) is 21.2 Å². The molecule has 0 saturated carbocycles. The Balaban J connectivity index is 1.91. The Bertz CT molecular complexity index is 1240. The van der Waals surface area contributed by atoms with E-state index in [-0.39, 0.29) is 27.2 Å². The molecule has 1 heterocycles. The number of amides is 1. The average Bonchev–Trinajstić information content (AvgIpc) is 3.09. The Morgan fingerprint density at radius 1 is 1.16 bits per heavy atom. The van der Waals surface area contributed by atoms with E-state index in [0.717, 1.165) is 17.3 Å². The second-order valence-corrected chi connectivity index (χ2v) is 9.49. The highest BCUT2D eigenvalue weighted by atomic mass is 32.2. The molecule has 0 aliphatic carbocycles. The zero-order chi connectivity index (χ0) is 23.5. The first kappa shape index (κ1) is 23.5. The summed E-state index contributed by atoms with van der Waals surface area (Å²) in [5, 5.41) is 7.19. The SMILES string of the molecule is COc1ccc(OC)c(NC(=O)Cn2nc(SC)c(S(=O)(=O)c3ccc(C)cc3)c2N)c1. The van der Waals surface area contributed by atoms with Crippen LogP contribution in [0, 0.1) is 6.92 Å². The van der Waals surface area contributed by atoms with Crippen molar-refractivity contribution >= 4 is 39.0 Å². The van der Waals surface area contributed by atoms with Gasteiger partial charge in [-0.1, -0.05) is 17.7 Å². The van der Waals surface area contributed by atoms with Gasteiger partial charge in [0.25, 0.3) is 0 Å². The fourth-order valence-corrected chi connectivity index (χ4v) is 5.45. The smallest absolute Gasteiger partial charge is 0.246 e. The summed E-state index contributed by atoms with van der Waals surface area (Å²) in [7, 11) is -0.926. The molecule has 1 amide bonds. The van der Waals surface area contributed by atoms with Gasteiger partial charge in [0.15, 0.2) is 0 Å². The minimum absolute atomic E-state index is 0.107. The van der Waals surface area contributed by atoms with Crippen molar-refractivity contribution in [1.82, 2.24) is 9.78 Å². The molecule has 0 radical (unpaired) electrons. The van der Waals surface area contributed by atoms with Crippen LogP contribution in [0.3, 0.4) is 0 Å². The van der Waals surface area contributed by atoms with Crippen molar-refractivity contribution in [2.24, 2.45) is 0 Å². The maximum absolute atomic E-state index is 13.2. The number of rotatable bonds is 8. The van der Waals surface area contributed by atoms with Crippen LogP contribution < -0.4 is 20.5 Å². The van der Waals surface area contributed by atoms with E-state index in [9.17, 15) is 13.2 Å². The van der Waals surface area contributed by atoms with E-state index in [1.165, 1.54) is 31.0 Å².